The van der Waals surface area contributed by atoms with Crippen LogP contribution in [0, 0.1) is 35.5 Å². The number of allylic oxidation sites excluding steroid dienone is 2. The summed E-state index contributed by atoms with van der Waals surface area (Å²) in [6, 6.07) is 0. The molecule has 0 amide bonds. The molecule has 0 saturated heterocycles. The molecule has 6 atom stereocenters. The largest absolute Gasteiger partial charge is 0.244 e. The molecule has 3 rings (SSSR count). The van der Waals surface area contributed by atoms with Crippen molar-refractivity contribution in [3.05, 3.63) is 12.2 Å². The minimum absolute atomic E-state index is 0.346. The van der Waals surface area contributed by atoms with Crippen molar-refractivity contribution in [2.75, 3.05) is 0 Å². The zero-order valence-electron chi connectivity index (χ0n) is 23.9. The second-order valence-corrected chi connectivity index (χ2v) is 12.4. The van der Waals surface area contributed by atoms with Crippen LogP contribution in [0.15, 0.2) is 12.2 Å². The zero-order chi connectivity index (χ0) is 24.8. The second-order valence-electron chi connectivity index (χ2n) is 12.4. The van der Waals surface area contributed by atoms with Crippen LogP contribution in [0.25, 0.3) is 0 Å². The summed E-state index contributed by atoms with van der Waals surface area (Å²) >= 11 is 0. The summed E-state index contributed by atoms with van der Waals surface area (Å²) in [6.45, 7) is 11.2. The Morgan fingerprint density at radius 1 is 0.912 bits per heavy atom. The Kier molecular flexibility index (Phi) is 14.4. The fraction of sp³-hybridized carbons (Fsp3) is 0.939. The molecule has 0 aliphatic heterocycles. The van der Waals surface area contributed by atoms with Gasteiger partial charge in [0, 0.05) is 0 Å². The summed E-state index contributed by atoms with van der Waals surface area (Å²) in [7, 11) is 0. The fourth-order valence-electron chi connectivity index (χ4n) is 7.53. The predicted molar refractivity (Wildman–Crippen MR) is 150 cm³/mol. The first-order valence-electron chi connectivity index (χ1n) is 15.9. The monoisotopic (exact) mass is 476 g/mol. The van der Waals surface area contributed by atoms with Crippen molar-refractivity contribution in [3.8, 4) is 0 Å². The van der Waals surface area contributed by atoms with Crippen molar-refractivity contribution in [2.24, 2.45) is 35.5 Å². The minimum Gasteiger partial charge on any atom is -0.244 e. The third kappa shape index (κ3) is 9.61. The van der Waals surface area contributed by atoms with Crippen LogP contribution in [0.4, 0.5) is 4.39 Å². The van der Waals surface area contributed by atoms with Crippen LogP contribution >= 0.6 is 0 Å². The number of hydrogen-bond donors (Lipinski definition) is 0. The number of unbranched alkanes of at least 4 members (excludes halogenated alkanes) is 2. The summed E-state index contributed by atoms with van der Waals surface area (Å²) in [4.78, 5) is 0. The van der Waals surface area contributed by atoms with Crippen molar-refractivity contribution < 1.29 is 4.39 Å². The lowest BCUT2D eigenvalue weighted by Gasteiger charge is -2.45. The van der Waals surface area contributed by atoms with E-state index >= 15 is 4.39 Å². The first-order valence-corrected chi connectivity index (χ1v) is 15.9. The summed E-state index contributed by atoms with van der Waals surface area (Å²) in [5.74, 6) is 4.49. The van der Waals surface area contributed by atoms with Gasteiger partial charge in [0.15, 0.2) is 0 Å². The van der Waals surface area contributed by atoms with E-state index in [0.29, 0.717) is 11.8 Å². The van der Waals surface area contributed by atoms with Gasteiger partial charge in [0.25, 0.3) is 0 Å². The minimum atomic E-state index is -0.847. The number of halogens is 1. The van der Waals surface area contributed by atoms with E-state index in [2.05, 4.69) is 32.9 Å². The van der Waals surface area contributed by atoms with Gasteiger partial charge in [-0.2, -0.15) is 0 Å². The Morgan fingerprint density at radius 2 is 1.65 bits per heavy atom. The third-order valence-electron chi connectivity index (χ3n) is 10.0. The van der Waals surface area contributed by atoms with Crippen molar-refractivity contribution >= 4 is 0 Å². The lowest BCUT2D eigenvalue weighted by molar-refractivity contribution is -0.0205. The summed E-state index contributed by atoms with van der Waals surface area (Å²) in [5, 5.41) is 0. The van der Waals surface area contributed by atoms with Crippen molar-refractivity contribution in [3.63, 3.8) is 0 Å². The van der Waals surface area contributed by atoms with E-state index in [9.17, 15) is 0 Å². The first kappa shape index (κ1) is 29.9. The van der Waals surface area contributed by atoms with Crippen LogP contribution in [0.2, 0.25) is 0 Å². The van der Waals surface area contributed by atoms with Gasteiger partial charge in [-0.1, -0.05) is 98.1 Å². The molecular formula is C33H61F. The maximum atomic E-state index is 16.3. The molecule has 200 valence electrons. The van der Waals surface area contributed by atoms with E-state index in [4.69, 9.17) is 0 Å². The van der Waals surface area contributed by atoms with Gasteiger partial charge >= 0.3 is 0 Å². The topological polar surface area (TPSA) is 0 Å². The highest BCUT2D eigenvalue weighted by atomic mass is 19.1. The molecule has 0 nitrogen and oxygen atoms in total. The lowest BCUT2D eigenvalue weighted by Crippen LogP contribution is -2.42. The highest BCUT2D eigenvalue weighted by molar-refractivity contribution is 4.96. The quantitative estimate of drug-likeness (QED) is 0.194. The molecule has 0 aromatic rings. The Balaban J connectivity index is 0.00000199. The van der Waals surface area contributed by atoms with E-state index in [1.807, 2.05) is 13.8 Å². The van der Waals surface area contributed by atoms with E-state index in [1.54, 1.807) is 0 Å². The number of hydrogen-bond acceptors (Lipinski definition) is 0. The van der Waals surface area contributed by atoms with Crippen molar-refractivity contribution in [1.82, 2.24) is 0 Å². The van der Waals surface area contributed by atoms with Gasteiger partial charge in [-0.25, -0.2) is 4.39 Å². The molecule has 1 heteroatoms. The van der Waals surface area contributed by atoms with E-state index in [-0.39, 0.29) is 0 Å². The summed E-state index contributed by atoms with van der Waals surface area (Å²) in [6.07, 6.45) is 28.6. The van der Waals surface area contributed by atoms with Crippen LogP contribution in [-0.2, 0) is 0 Å². The third-order valence-corrected chi connectivity index (χ3v) is 10.0. The molecule has 6 unspecified atom stereocenters. The van der Waals surface area contributed by atoms with Crippen LogP contribution in [0.1, 0.15) is 157 Å². The average molecular weight is 477 g/mol. The Hall–Kier alpha value is -0.330. The molecular weight excluding hydrogens is 415 g/mol. The number of alkyl halides is 1. The van der Waals surface area contributed by atoms with E-state index in [1.165, 1.54) is 89.9 Å². The SMILES string of the molecule is CC.CCC(C)CCCCCC(C1CCC(CCC2CC=CCC2)C(C)C1)C1(F)CCCCC1. The maximum absolute atomic E-state index is 16.3. The first-order chi connectivity index (χ1) is 16.5. The molecule has 2 saturated carbocycles. The van der Waals surface area contributed by atoms with Gasteiger partial charge < -0.3 is 0 Å². The average Bonchev–Trinajstić information content (AvgIpc) is 2.87. The van der Waals surface area contributed by atoms with Gasteiger partial charge in [0.05, 0.1) is 0 Å². The smallest absolute Gasteiger partial charge is 0.114 e. The molecule has 3 aliphatic rings. The molecule has 0 N–H and O–H groups in total. The van der Waals surface area contributed by atoms with E-state index < -0.39 is 5.67 Å². The maximum Gasteiger partial charge on any atom is 0.114 e. The highest BCUT2D eigenvalue weighted by Crippen LogP contribution is 2.50. The predicted octanol–water partition coefficient (Wildman–Crippen LogP) is 11.5. The standard InChI is InChI=1S/C31H55F.C2H6/c1-4-25(2)14-8-5-11-17-30(31(32)22-12-7-13-23-31)29-21-20-28(26(3)24-29)19-18-27-15-9-6-10-16-27;1-2/h6,9,25-30H,4-5,7-8,10-24H2,1-3H3;1-2H3. The Bertz CT molecular complexity index is 531. The molecule has 0 radical (unpaired) electrons. The normalized spacial score (nSPS) is 30.8. The van der Waals surface area contributed by atoms with Crippen molar-refractivity contribution in [2.45, 2.75) is 162 Å². The summed E-state index contributed by atoms with van der Waals surface area (Å²) in [5.41, 5.74) is -0.847. The van der Waals surface area contributed by atoms with Gasteiger partial charge in [-0.15, -0.1) is 0 Å². The highest BCUT2D eigenvalue weighted by Gasteiger charge is 2.45. The zero-order valence-corrected chi connectivity index (χ0v) is 23.9. The van der Waals surface area contributed by atoms with Gasteiger partial charge in [-0.05, 0) is 106 Å². The molecule has 0 heterocycles. The van der Waals surface area contributed by atoms with Crippen LogP contribution in [0.5, 0.6) is 0 Å². The summed E-state index contributed by atoms with van der Waals surface area (Å²) < 4.78 is 16.3. The van der Waals surface area contributed by atoms with E-state index in [0.717, 1.165) is 55.8 Å². The lowest BCUT2D eigenvalue weighted by atomic mass is 9.62. The Labute approximate surface area is 214 Å². The Morgan fingerprint density at radius 3 is 2.29 bits per heavy atom. The molecule has 34 heavy (non-hydrogen) atoms. The van der Waals surface area contributed by atoms with Crippen molar-refractivity contribution in [1.29, 1.82) is 0 Å². The second kappa shape index (κ2) is 16.4. The molecule has 2 fully saturated rings. The fourth-order valence-corrected chi connectivity index (χ4v) is 7.53. The molecule has 0 aromatic carbocycles. The molecule has 0 aromatic heterocycles. The molecule has 0 bridgehead atoms. The number of rotatable bonds is 12. The molecule has 3 aliphatic carbocycles. The van der Waals surface area contributed by atoms with Gasteiger partial charge in [0.2, 0.25) is 0 Å². The van der Waals surface area contributed by atoms with Crippen LogP contribution < -0.4 is 0 Å². The molecule has 0 spiro atoms. The van der Waals surface area contributed by atoms with Gasteiger partial charge in [0.1, 0.15) is 5.67 Å². The van der Waals surface area contributed by atoms with Crippen LogP contribution in [-0.4, -0.2) is 5.67 Å². The van der Waals surface area contributed by atoms with Crippen LogP contribution in [0.3, 0.4) is 0 Å². The van der Waals surface area contributed by atoms with Gasteiger partial charge in [-0.3, -0.25) is 0 Å².